The van der Waals surface area contributed by atoms with E-state index >= 15 is 0 Å². The Kier molecular flexibility index (Phi) is 5.73. The number of hydrogen-bond acceptors (Lipinski definition) is 4. The van der Waals surface area contributed by atoms with Crippen LogP contribution in [-0.4, -0.2) is 43.9 Å². The molecule has 1 atom stereocenters. The Morgan fingerprint density at radius 3 is 2.48 bits per heavy atom. The van der Waals surface area contributed by atoms with Gasteiger partial charge in [0, 0.05) is 18.0 Å². The van der Waals surface area contributed by atoms with Gasteiger partial charge in [-0.15, -0.1) is 0 Å². The summed E-state index contributed by atoms with van der Waals surface area (Å²) in [5, 5.41) is 10.9. The molecule has 2 rings (SSSR count). The monoisotopic (exact) mass is 376 g/mol. The quantitative estimate of drug-likeness (QED) is 0.633. The van der Waals surface area contributed by atoms with Crippen molar-refractivity contribution >= 4 is 21.9 Å². The molecule has 1 saturated carbocycles. The van der Waals surface area contributed by atoms with Gasteiger partial charge in [-0.25, -0.2) is 26.7 Å². The third-order valence-corrected chi connectivity index (χ3v) is 5.20. The number of carboxylic acids is 1. The molecule has 0 saturated heterocycles. The van der Waals surface area contributed by atoms with Crippen LogP contribution in [0.1, 0.15) is 35.2 Å². The summed E-state index contributed by atoms with van der Waals surface area (Å²) in [4.78, 5) is 23.1. The molecule has 7 nitrogen and oxygen atoms in total. The van der Waals surface area contributed by atoms with Crippen LogP contribution in [0.25, 0.3) is 0 Å². The van der Waals surface area contributed by atoms with Crippen molar-refractivity contribution in [3.8, 4) is 0 Å². The molecule has 1 unspecified atom stereocenters. The molecule has 0 spiro atoms. The van der Waals surface area contributed by atoms with Gasteiger partial charge in [-0.1, -0.05) is 6.07 Å². The first kappa shape index (κ1) is 19.3. The van der Waals surface area contributed by atoms with E-state index in [1.807, 2.05) is 5.32 Å². The van der Waals surface area contributed by atoms with Crippen molar-refractivity contribution in [1.29, 1.82) is 0 Å². The maximum atomic E-state index is 12.4. The van der Waals surface area contributed by atoms with Gasteiger partial charge in [-0.2, -0.15) is 0 Å². The van der Waals surface area contributed by atoms with Gasteiger partial charge in [0.05, 0.1) is 4.90 Å². The number of carbonyl (C=O) groups is 2. The molecule has 0 heterocycles. The smallest absolute Gasteiger partial charge is 0.326 e. The predicted octanol–water partition coefficient (Wildman–Crippen LogP) is 1.27. The van der Waals surface area contributed by atoms with Gasteiger partial charge in [-0.05, 0) is 37.5 Å². The van der Waals surface area contributed by atoms with E-state index in [9.17, 15) is 26.8 Å². The van der Waals surface area contributed by atoms with E-state index in [4.69, 9.17) is 5.11 Å². The zero-order valence-corrected chi connectivity index (χ0v) is 14.1. The van der Waals surface area contributed by atoms with Crippen LogP contribution >= 0.6 is 0 Å². The third kappa shape index (κ3) is 5.20. The lowest BCUT2D eigenvalue weighted by Crippen LogP contribution is -2.42. The Hall–Kier alpha value is -2.07. The van der Waals surface area contributed by atoms with Gasteiger partial charge in [0.1, 0.15) is 6.04 Å². The van der Waals surface area contributed by atoms with Crippen LogP contribution < -0.4 is 10.0 Å². The number of amides is 1. The fourth-order valence-electron chi connectivity index (χ4n) is 2.14. The number of alkyl halides is 2. The first-order valence-corrected chi connectivity index (χ1v) is 9.03. The first-order valence-electron chi connectivity index (χ1n) is 7.55. The zero-order valence-electron chi connectivity index (χ0n) is 13.3. The van der Waals surface area contributed by atoms with Crippen molar-refractivity contribution in [3.63, 3.8) is 0 Å². The molecule has 3 N–H and O–H groups in total. The van der Waals surface area contributed by atoms with Crippen LogP contribution in [0.15, 0.2) is 23.1 Å². The lowest BCUT2D eigenvalue weighted by atomic mass is 10.1. The van der Waals surface area contributed by atoms with E-state index in [0.717, 1.165) is 18.9 Å². The number of aryl methyl sites for hydroxylation is 1. The Balaban J connectivity index is 2.23. The minimum Gasteiger partial charge on any atom is -0.480 e. The number of sulfonamides is 1. The summed E-state index contributed by atoms with van der Waals surface area (Å²) in [6.45, 7) is 1.53. The molecule has 1 aliphatic carbocycles. The summed E-state index contributed by atoms with van der Waals surface area (Å²) >= 11 is 0. The summed E-state index contributed by atoms with van der Waals surface area (Å²) in [6, 6.07) is 1.95. The molecule has 1 aromatic carbocycles. The van der Waals surface area contributed by atoms with E-state index in [1.54, 1.807) is 0 Å². The van der Waals surface area contributed by atoms with Crippen molar-refractivity contribution < 1.29 is 31.9 Å². The minimum atomic E-state index is -3.80. The number of carboxylic acid groups (broad SMARTS) is 1. The van der Waals surface area contributed by atoms with Gasteiger partial charge >= 0.3 is 5.97 Å². The number of halogens is 2. The summed E-state index contributed by atoms with van der Waals surface area (Å²) < 4.78 is 51.7. The molecule has 10 heteroatoms. The van der Waals surface area contributed by atoms with Crippen LogP contribution in [0.3, 0.4) is 0 Å². The minimum absolute atomic E-state index is 0.0841. The molecule has 0 bridgehead atoms. The van der Waals surface area contributed by atoms with E-state index < -0.39 is 40.8 Å². The van der Waals surface area contributed by atoms with Gasteiger partial charge in [0.2, 0.25) is 16.4 Å². The lowest BCUT2D eigenvalue weighted by molar-refractivity contribution is -0.140. The predicted molar refractivity (Wildman–Crippen MR) is 84.0 cm³/mol. The normalized spacial score (nSPS) is 15.8. The highest BCUT2D eigenvalue weighted by molar-refractivity contribution is 7.89. The number of rotatable bonds is 8. The van der Waals surface area contributed by atoms with Crippen molar-refractivity contribution in [2.24, 2.45) is 0 Å². The number of aliphatic carboxylic acids is 1. The molecule has 0 aromatic heterocycles. The summed E-state index contributed by atoms with van der Waals surface area (Å²) in [5.74, 6) is -2.51. The zero-order chi connectivity index (χ0) is 18.8. The lowest BCUT2D eigenvalue weighted by Gasteiger charge is -2.15. The Morgan fingerprint density at radius 1 is 1.32 bits per heavy atom. The van der Waals surface area contributed by atoms with Crippen molar-refractivity contribution in [3.05, 3.63) is 29.3 Å². The molecule has 1 aromatic rings. The van der Waals surface area contributed by atoms with Crippen molar-refractivity contribution in [2.45, 2.75) is 49.6 Å². The SMILES string of the molecule is Cc1ccc(S(=O)(=O)NC2CC2)cc1C(=O)NC(CC(F)F)C(=O)O. The van der Waals surface area contributed by atoms with Gasteiger partial charge < -0.3 is 10.4 Å². The van der Waals surface area contributed by atoms with Crippen LogP contribution in [0.5, 0.6) is 0 Å². The largest absolute Gasteiger partial charge is 0.480 e. The van der Waals surface area contributed by atoms with Crippen LogP contribution in [0, 0.1) is 6.92 Å². The number of carbonyl (C=O) groups excluding carboxylic acids is 1. The third-order valence-electron chi connectivity index (χ3n) is 3.68. The molecular formula is C15H18F2N2O5S. The second-order valence-electron chi connectivity index (χ2n) is 5.86. The maximum absolute atomic E-state index is 12.4. The molecular weight excluding hydrogens is 358 g/mol. The Morgan fingerprint density at radius 2 is 1.96 bits per heavy atom. The summed E-state index contributed by atoms with van der Waals surface area (Å²) in [6.07, 6.45) is -2.46. The first-order chi connectivity index (χ1) is 11.6. The molecule has 138 valence electrons. The molecule has 25 heavy (non-hydrogen) atoms. The number of benzene rings is 1. The number of hydrogen-bond donors (Lipinski definition) is 3. The second-order valence-corrected chi connectivity index (χ2v) is 7.58. The summed E-state index contributed by atoms with van der Waals surface area (Å²) in [7, 11) is -3.80. The Bertz CT molecular complexity index is 778. The highest BCUT2D eigenvalue weighted by Crippen LogP contribution is 2.23. The van der Waals surface area contributed by atoms with Gasteiger partial charge in [-0.3, -0.25) is 4.79 Å². The van der Waals surface area contributed by atoms with E-state index in [2.05, 4.69) is 4.72 Å². The summed E-state index contributed by atoms with van der Waals surface area (Å²) in [5.41, 5.74) is 0.309. The van der Waals surface area contributed by atoms with Gasteiger partial charge in [0.15, 0.2) is 0 Å². The standard InChI is InChI=1S/C15H18F2N2O5S/c1-8-2-5-10(25(23,24)19-9-3-4-9)6-11(8)14(20)18-12(15(21)22)7-13(16)17/h2,5-6,9,12-13,19H,3-4,7H2,1H3,(H,18,20)(H,21,22). The molecule has 1 aliphatic rings. The molecule has 0 aliphatic heterocycles. The highest BCUT2D eigenvalue weighted by Gasteiger charge is 2.29. The van der Waals surface area contributed by atoms with Gasteiger partial charge in [0.25, 0.3) is 5.91 Å². The van der Waals surface area contributed by atoms with E-state index in [-0.39, 0.29) is 16.5 Å². The van der Waals surface area contributed by atoms with Crippen LogP contribution in [0.2, 0.25) is 0 Å². The van der Waals surface area contributed by atoms with Crippen molar-refractivity contribution in [1.82, 2.24) is 10.0 Å². The molecule has 1 fully saturated rings. The average Bonchev–Trinajstić information content (AvgIpc) is 3.29. The highest BCUT2D eigenvalue weighted by atomic mass is 32.2. The molecule has 1 amide bonds. The van der Waals surface area contributed by atoms with Crippen LogP contribution in [-0.2, 0) is 14.8 Å². The maximum Gasteiger partial charge on any atom is 0.326 e. The van der Waals surface area contributed by atoms with Crippen LogP contribution in [0.4, 0.5) is 8.78 Å². The Labute approximate surface area is 143 Å². The molecule has 0 radical (unpaired) electrons. The van der Waals surface area contributed by atoms with Crippen molar-refractivity contribution in [2.75, 3.05) is 0 Å². The second kappa shape index (κ2) is 7.44. The fraction of sp³-hybridized carbons (Fsp3) is 0.467. The fourth-order valence-corrected chi connectivity index (χ4v) is 3.47. The number of nitrogens with one attached hydrogen (secondary N) is 2. The average molecular weight is 376 g/mol. The van der Waals surface area contributed by atoms with E-state index in [0.29, 0.717) is 5.56 Å². The van der Waals surface area contributed by atoms with E-state index in [1.165, 1.54) is 19.1 Å². The topological polar surface area (TPSA) is 113 Å².